The second kappa shape index (κ2) is 5.21. The largest absolute Gasteiger partial charge is 0.494 e. The van der Waals surface area contributed by atoms with Gasteiger partial charge in [-0.15, -0.1) is 0 Å². The molecule has 0 unspecified atom stereocenters. The Balaban J connectivity index is 2.19. The van der Waals surface area contributed by atoms with Crippen molar-refractivity contribution in [3.05, 3.63) is 46.6 Å². The van der Waals surface area contributed by atoms with Gasteiger partial charge >= 0.3 is 0 Å². The van der Waals surface area contributed by atoms with Gasteiger partial charge in [0.05, 0.1) is 17.7 Å². The Morgan fingerprint density at radius 2 is 2.11 bits per heavy atom. The second-order valence-corrected chi connectivity index (χ2v) is 3.62. The molecule has 0 radical (unpaired) electrons. The van der Waals surface area contributed by atoms with Gasteiger partial charge in [-0.1, -0.05) is 0 Å². The predicted octanol–water partition coefficient (Wildman–Crippen LogP) is 2.37. The van der Waals surface area contributed by atoms with Gasteiger partial charge in [-0.2, -0.15) is 0 Å². The van der Waals surface area contributed by atoms with Gasteiger partial charge in [0.15, 0.2) is 0 Å². The van der Waals surface area contributed by atoms with E-state index in [4.69, 9.17) is 15.2 Å². The van der Waals surface area contributed by atoms with E-state index in [0.29, 0.717) is 17.2 Å². The van der Waals surface area contributed by atoms with Crippen molar-refractivity contribution in [3.63, 3.8) is 0 Å². The van der Waals surface area contributed by atoms with Gasteiger partial charge in [0.25, 0.3) is 5.69 Å². The summed E-state index contributed by atoms with van der Waals surface area (Å²) in [7, 11) is 1.50. The van der Waals surface area contributed by atoms with Gasteiger partial charge in [0.1, 0.15) is 17.7 Å². The minimum atomic E-state index is -0.525. The van der Waals surface area contributed by atoms with E-state index in [1.54, 1.807) is 18.2 Å². The first-order valence-corrected chi connectivity index (χ1v) is 5.32. The highest BCUT2D eigenvalue weighted by atomic mass is 16.6. The molecule has 0 fully saturated rings. The summed E-state index contributed by atoms with van der Waals surface area (Å²) in [5.41, 5.74) is 6.07. The summed E-state index contributed by atoms with van der Waals surface area (Å²) < 4.78 is 10.5. The van der Waals surface area contributed by atoms with E-state index in [1.165, 1.54) is 19.2 Å². The van der Waals surface area contributed by atoms with Gasteiger partial charge in [-0.3, -0.25) is 10.1 Å². The van der Waals surface area contributed by atoms with E-state index in [1.807, 2.05) is 0 Å². The van der Waals surface area contributed by atoms with Crippen LogP contribution >= 0.6 is 0 Å². The molecule has 1 heterocycles. The van der Waals surface area contributed by atoms with Crippen molar-refractivity contribution < 1.29 is 14.4 Å². The third-order valence-corrected chi connectivity index (χ3v) is 2.36. The number of ether oxygens (including phenoxy) is 2. The number of hydrogen-bond acceptors (Lipinski definition) is 6. The third-order valence-electron chi connectivity index (χ3n) is 2.36. The average Bonchev–Trinajstić information content (AvgIpc) is 2.41. The van der Waals surface area contributed by atoms with Crippen LogP contribution < -0.4 is 15.2 Å². The molecule has 7 nitrogen and oxygen atoms in total. The molecule has 1 aromatic carbocycles. The molecule has 19 heavy (non-hydrogen) atoms. The van der Waals surface area contributed by atoms with Crippen LogP contribution in [0.2, 0.25) is 0 Å². The van der Waals surface area contributed by atoms with E-state index in [-0.39, 0.29) is 11.6 Å². The van der Waals surface area contributed by atoms with E-state index in [2.05, 4.69) is 4.98 Å². The van der Waals surface area contributed by atoms with Crippen molar-refractivity contribution in [1.82, 2.24) is 4.98 Å². The summed E-state index contributed by atoms with van der Waals surface area (Å²) in [6.45, 7) is 0. The summed E-state index contributed by atoms with van der Waals surface area (Å²) in [6.07, 6.45) is 1.13. The Morgan fingerprint density at radius 1 is 1.32 bits per heavy atom. The molecule has 0 spiro atoms. The van der Waals surface area contributed by atoms with Crippen molar-refractivity contribution in [2.75, 3.05) is 12.8 Å². The zero-order valence-corrected chi connectivity index (χ0v) is 10.1. The van der Waals surface area contributed by atoms with Crippen molar-refractivity contribution in [3.8, 4) is 17.4 Å². The van der Waals surface area contributed by atoms with Gasteiger partial charge in [-0.25, -0.2) is 4.98 Å². The Hall–Kier alpha value is -2.83. The Morgan fingerprint density at radius 3 is 2.68 bits per heavy atom. The number of nitrogen functional groups attached to an aromatic ring is 1. The van der Waals surface area contributed by atoms with Crippen LogP contribution in [0, 0.1) is 10.1 Å². The number of anilines is 1. The summed E-state index contributed by atoms with van der Waals surface area (Å²) >= 11 is 0. The molecule has 0 aliphatic carbocycles. The number of nitrogens with two attached hydrogens (primary N) is 1. The molecular formula is C12H11N3O4. The number of aromatic nitrogens is 1. The molecule has 1 aromatic heterocycles. The lowest BCUT2D eigenvalue weighted by molar-refractivity contribution is -0.385. The Bertz CT molecular complexity index is 598. The fourth-order valence-electron chi connectivity index (χ4n) is 1.42. The first-order valence-electron chi connectivity index (χ1n) is 5.32. The molecule has 0 aliphatic heterocycles. The minimum Gasteiger partial charge on any atom is -0.494 e. The highest BCUT2D eigenvalue weighted by Gasteiger charge is 2.07. The first kappa shape index (κ1) is 12.6. The second-order valence-electron chi connectivity index (χ2n) is 3.62. The molecule has 0 aliphatic rings. The smallest absolute Gasteiger partial charge is 0.287 e. The van der Waals surface area contributed by atoms with Crippen LogP contribution in [-0.2, 0) is 0 Å². The fourth-order valence-corrected chi connectivity index (χ4v) is 1.42. The monoisotopic (exact) mass is 261 g/mol. The molecule has 2 N–H and O–H groups in total. The summed E-state index contributed by atoms with van der Waals surface area (Å²) in [6, 6.07) is 7.64. The molecule has 7 heteroatoms. The first-order chi connectivity index (χ1) is 9.10. The van der Waals surface area contributed by atoms with E-state index in [9.17, 15) is 10.1 Å². The van der Waals surface area contributed by atoms with E-state index >= 15 is 0 Å². The molecule has 0 saturated heterocycles. The van der Waals surface area contributed by atoms with Crippen molar-refractivity contribution in [2.45, 2.75) is 0 Å². The summed E-state index contributed by atoms with van der Waals surface area (Å²) in [5, 5.41) is 10.5. The molecule has 2 rings (SSSR count). The maximum absolute atomic E-state index is 10.5. The van der Waals surface area contributed by atoms with E-state index < -0.39 is 4.92 Å². The van der Waals surface area contributed by atoms with Crippen LogP contribution in [0.5, 0.6) is 17.4 Å². The number of nitro groups is 1. The highest BCUT2D eigenvalue weighted by molar-refractivity contribution is 5.55. The molecule has 2 aromatic rings. The summed E-state index contributed by atoms with van der Waals surface area (Å²) in [5.74, 6) is 1.21. The van der Waals surface area contributed by atoms with Crippen LogP contribution in [-0.4, -0.2) is 17.0 Å². The minimum absolute atomic E-state index is 0.0952. The normalized spacial score (nSPS) is 9.95. The maximum atomic E-state index is 10.5. The number of nitrogens with zero attached hydrogens (tertiary/aromatic N) is 2. The maximum Gasteiger partial charge on any atom is 0.287 e. The number of rotatable bonds is 4. The number of hydrogen-bond donors (Lipinski definition) is 1. The third kappa shape index (κ3) is 2.89. The standard InChI is InChI=1S/C12H11N3O4/c1-18-11-6-9(3-4-10(11)13)19-12-5-2-8(7-14-12)15(16)17/h2-7H,13H2,1H3. The van der Waals surface area contributed by atoms with Crippen LogP contribution in [0.1, 0.15) is 0 Å². The lowest BCUT2D eigenvalue weighted by atomic mass is 10.3. The molecule has 0 atom stereocenters. The zero-order chi connectivity index (χ0) is 13.8. The van der Waals surface area contributed by atoms with Crippen LogP contribution in [0.3, 0.4) is 0 Å². The summed E-state index contributed by atoms with van der Waals surface area (Å²) in [4.78, 5) is 13.8. The van der Waals surface area contributed by atoms with Crippen molar-refractivity contribution in [1.29, 1.82) is 0 Å². The molecule has 0 saturated carbocycles. The van der Waals surface area contributed by atoms with Gasteiger partial charge in [-0.05, 0) is 12.1 Å². The Kier molecular flexibility index (Phi) is 3.46. The lowest BCUT2D eigenvalue weighted by Gasteiger charge is -2.08. The van der Waals surface area contributed by atoms with Crippen molar-refractivity contribution in [2.24, 2.45) is 0 Å². The zero-order valence-electron chi connectivity index (χ0n) is 10.1. The highest BCUT2D eigenvalue weighted by Crippen LogP contribution is 2.29. The fraction of sp³-hybridized carbons (Fsp3) is 0.0833. The van der Waals surface area contributed by atoms with Crippen molar-refractivity contribution >= 4 is 11.4 Å². The number of pyridine rings is 1. The molecule has 0 bridgehead atoms. The quantitative estimate of drug-likeness (QED) is 0.515. The average molecular weight is 261 g/mol. The van der Waals surface area contributed by atoms with Gasteiger partial charge in [0.2, 0.25) is 5.88 Å². The number of benzene rings is 1. The van der Waals surface area contributed by atoms with Gasteiger partial charge in [0, 0.05) is 18.2 Å². The molecular weight excluding hydrogens is 250 g/mol. The lowest BCUT2D eigenvalue weighted by Crippen LogP contribution is -1.94. The SMILES string of the molecule is COc1cc(Oc2ccc([N+](=O)[O-])cn2)ccc1N. The number of methoxy groups -OCH3 is 1. The van der Waals surface area contributed by atoms with Gasteiger partial charge < -0.3 is 15.2 Å². The van der Waals surface area contributed by atoms with Crippen LogP contribution in [0.15, 0.2) is 36.5 Å². The van der Waals surface area contributed by atoms with Crippen LogP contribution in [0.4, 0.5) is 11.4 Å². The predicted molar refractivity (Wildman–Crippen MR) is 68.4 cm³/mol. The topological polar surface area (TPSA) is 101 Å². The molecule has 0 amide bonds. The van der Waals surface area contributed by atoms with Crippen LogP contribution in [0.25, 0.3) is 0 Å². The Labute approximate surface area is 108 Å². The molecule has 98 valence electrons. The van der Waals surface area contributed by atoms with E-state index in [0.717, 1.165) is 6.20 Å².